The maximum atomic E-state index is 10.1. The summed E-state index contributed by atoms with van der Waals surface area (Å²) in [7, 11) is 0. The highest BCUT2D eigenvalue weighted by atomic mass is 16.4. The van der Waals surface area contributed by atoms with Gasteiger partial charge in [0.05, 0.1) is 12.7 Å². The van der Waals surface area contributed by atoms with Gasteiger partial charge >= 0.3 is 11.9 Å². The highest BCUT2D eigenvalue weighted by Gasteiger charge is 2.00. The van der Waals surface area contributed by atoms with Gasteiger partial charge in [-0.05, 0) is 0 Å². The van der Waals surface area contributed by atoms with Gasteiger partial charge in [0, 0.05) is 5.48 Å². The SMILES string of the molecule is [2H]C([2H])(C(=O)O)C([2H])([2H])C(=O)O. The Balaban J connectivity index is 5.01. The summed E-state index contributed by atoms with van der Waals surface area (Å²) in [6.45, 7) is 0. The number of aliphatic carboxylic acids is 2. The summed E-state index contributed by atoms with van der Waals surface area (Å²) in [6, 6.07) is 0. The molecule has 0 bridgehead atoms. The molecule has 0 atom stereocenters. The van der Waals surface area contributed by atoms with E-state index in [4.69, 9.17) is 15.7 Å². The summed E-state index contributed by atoms with van der Waals surface area (Å²) in [4.78, 5) is 20.2. The largest absolute Gasteiger partial charge is 0.481 e. The molecule has 0 aliphatic heterocycles. The normalized spacial score (nSPS) is 19.5. The van der Waals surface area contributed by atoms with Crippen LogP contribution in [0.25, 0.3) is 0 Å². The number of carboxylic acids is 2. The van der Waals surface area contributed by atoms with Crippen LogP contribution < -0.4 is 0 Å². The third-order valence-corrected chi connectivity index (χ3v) is 0.276. The van der Waals surface area contributed by atoms with Gasteiger partial charge in [-0.3, -0.25) is 9.59 Å². The van der Waals surface area contributed by atoms with Crippen molar-refractivity contribution in [3.8, 4) is 0 Å². The lowest BCUT2D eigenvalue weighted by Gasteiger charge is -1.85. The highest BCUT2D eigenvalue weighted by molar-refractivity contribution is 5.75. The lowest BCUT2D eigenvalue weighted by molar-refractivity contribution is -0.143. The van der Waals surface area contributed by atoms with Crippen LogP contribution in [0.4, 0.5) is 0 Å². The number of hydrogen-bond acceptors (Lipinski definition) is 2. The summed E-state index contributed by atoms with van der Waals surface area (Å²) >= 11 is 0. The Morgan fingerprint density at radius 3 is 1.62 bits per heavy atom. The summed E-state index contributed by atoms with van der Waals surface area (Å²) in [5, 5.41) is 16.3. The molecule has 0 spiro atoms. The van der Waals surface area contributed by atoms with Crippen LogP contribution >= 0.6 is 0 Å². The quantitative estimate of drug-likeness (QED) is 0.549. The van der Waals surface area contributed by atoms with Crippen molar-refractivity contribution in [2.24, 2.45) is 0 Å². The number of carboxylic acid groups (broad SMARTS) is 2. The van der Waals surface area contributed by atoms with Crippen LogP contribution in [0.5, 0.6) is 0 Å². The Morgan fingerprint density at radius 2 is 1.50 bits per heavy atom. The zero-order valence-corrected chi connectivity index (χ0v) is 3.71. The first-order valence-electron chi connectivity index (χ1n) is 3.61. The van der Waals surface area contributed by atoms with Gasteiger partial charge in [-0.2, -0.15) is 0 Å². The van der Waals surface area contributed by atoms with Gasteiger partial charge in [0.15, 0.2) is 0 Å². The topological polar surface area (TPSA) is 74.6 Å². The molecule has 0 aliphatic carbocycles. The maximum absolute atomic E-state index is 10.1. The fourth-order valence-corrected chi connectivity index (χ4v) is 0.107. The molecular formula is C4H6O4. The molecule has 0 aromatic heterocycles. The zero-order valence-electron chi connectivity index (χ0n) is 7.71. The summed E-state index contributed by atoms with van der Waals surface area (Å²) in [5.41, 5.74) is 0. The molecule has 0 aromatic carbocycles. The van der Waals surface area contributed by atoms with E-state index in [1.54, 1.807) is 0 Å². The Labute approximate surface area is 51.4 Å². The predicted octanol–water partition coefficient (Wildman–Crippen LogP) is -0.0642. The molecule has 0 unspecified atom stereocenters. The Bertz CT molecular complexity index is 199. The van der Waals surface area contributed by atoms with Crippen LogP contribution in [-0.4, -0.2) is 22.2 Å². The van der Waals surface area contributed by atoms with Crippen molar-refractivity contribution in [1.82, 2.24) is 0 Å². The molecule has 0 amide bonds. The van der Waals surface area contributed by atoms with Crippen molar-refractivity contribution in [2.45, 2.75) is 12.7 Å². The third kappa shape index (κ3) is 4.94. The van der Waals surface area contributed by atoms with Crippen LogP contribution in [0.1, 0.15) is 18.2 Å². The van der Waals surface area contributed by atoms with Crippen LogP contribution in [-0.2, 0) is 9.59 Å². The molecule has 4 nitrogen and oxygen atoms in total. The second kappa shape index (κ2) is 3.01. The van der Waals surface area contributed by atoms with Crippen LogP contribution in [0.2, 0.25) is 0 Å². The van der Waals surface area contributed by atoms with E-state index in [1.807, 2.05) is 0 Å². The molecule has 4 heteroatoms. The standard InChI is InChI=1S/C4H6O4/c5-3(6)1-2-4(7)8/h1-2H2,(H,5,6)(H,7,8)/i1D2,2D2. The van der Waals surface area contributed by atoms with Crippen molar-refractivity contribution in [1.29, 1.82) is 0 Å². The first-order valence-corrected chi connectivity index (χ1v) is 1.61. The Kier molecular flexibility index (Phi) is 0.932. The monoisotopic (exact) mass is 122 g/mol. The van der Waals surface area contributed by atoms with Crippen molar-refractivity contribution in [3.05, 3.63) is 0 Å². The predicted molar refractivity (Wildman–Crippen MR) is 24.5 cm³/mol. The summed E-state index contributed by atoms with van der Waals surface area (Å²) < 4.78 is 26.5. The molecule has 0 saturated heterocycles. The Morgan fingerprint density at radius 1 is 1.25 bits per heavy atom. The van der Waals surface area contributed by atoms with Gasteiger partial charge in [0.1, 0.15) is 0 Å². The molecule has 0 rings (SSSR count). The molecule has 0 saturated carbocycles. The molecular weight excluding hydrogens is 112 g/mol. The van der Waals surface area contributed by atoms with Gasteiger partial charge in [0.25, 0.3) is 0 Å². The molecule has 0 radical (unpaired) electrons. The second-order valence-corrected chi connectivity index (χ2v) is 0.860. The van der Waals surface area contributed by atoms with Crippen molar-refractivity contribution in [3.63, 3.8) is 0 Å². The summed E-state index contributed by atoms with van der Waals surface area (Å²) in [5.74, 6) is -4.29. The van der Waals surface area contributed by atoms with Crippen LogP contribution in [0, 0.1) is 0 Å². The smallest absolute Gasteiger partial charge is 0.303 e. The van der Waals surface area contributed by atoms with E-state index < -0.39 is 24.7 Å². The minimum Gasteiger partial charge on any atom is -0.481 e. The average Bonchev–Trinajstić information content (AvgIpc) is 1.86. The van der Waals surface area contributed by atoms with Gasteiger partial charge < -0.3 is 10.2 Å². The third-order valence-electron chi connectivity index (χ3n) is 0.276. The molecule has 0 heterocycles. The van der Waals surface area contributed by atoms with Gasteiger partial charge in [0.2, 0.25) is 0 Å². The van der Waals surface area contributed by atoms with E-state index in [0.29, 0.717) is 0 Å². The van der Waals surface area contributed by atoms with E-state index in [1.165, 1.54) is 0 Å². The van der Waals surface area contributed by atoms with Gasteiger partial charge in [-0.25, -0.2) is 0 Å². The molecule has 8 heavy (non-hydrogen) atoms. The average molecular weight is 122 g/mol. The van der Waals surface area contributed by atoms with Crippen molar-refractivity contribution < 1.29 is 25.3 Å². The van der Waals surface area contributed by atoms with E-state index in [9.17, 15) is 9.59 Å². The zero-order chi connectivity index (χ0) is 10.2. The number of rotatable bonds is 3. The van der Waals surface area contributed by atoms with Crippen LogP contribution in [0.15, 0.2) is 0 Å². The van der Waals surface area contributed by atoms with Crippen molar-refractivity contribution in [2.75, 3.05) is 0 Å². The second-order valence-electron chi connectivity index (χ2n) is 0.860. The Hall–Kier alpha value is -1.06. The van der Waals surface area contributed by atoms with E-state index in [2.05, 4.69) is 0 Å². The van der Waals surface area contributed by atoms with Crippen LogP contribution in [0.3, 0.4) is 0 Å². The first kappa shape index (κ1) is 2.48. The molecule has 0 aromatic rings. The van der Waals surface area contributed by atoms with Gasteiger partial charge in [-0.15, -0.1) is 0 Å². The molecule has 0 aliphatic rings. The minimum atomic E-state index is -3.43. The molecule has 46 valence electrons. The lowest BCUT2D eigenvalue weighted by atomic mass is 10.3. The first-order chi connectivity index (χ1) is 5.14. The maximum Gasteiger partial charge on any atom is 0.303 e. The highest BCUT2D eigenvalue weighted by Crippen LogP contribution is 1.85. The fourth-order valence-electron chi connectivity index (χ4n) is 0.107. The van der Waals surface area contributed by atoms with Crippen molar-refractivity contribution >= 4 is 11.9 Å². The van der Waals surface area contributed by atoms with Gasteiger partial charge in [-0.1, -0.05) is 0 Å². The number of carbonyl (C=O) groups is 2. The summed E-state index contributed by atoms with van der Waals surface area (Å²) in [6.07, 6.45) is -6.86. The fraction of sp³-hybridized carbons (Fsp3) is 0.500. The lowest BCUT2D eigenvalue weighted by Crippen LogP contribution is -2.00. The van der Waals surface area contributed by atoms with E-state index in [-0.39, 0.29) is 0 Å². The molecule has 2 N–H and O–H groups in total. The number of hydrogen-bond donors (Lipinski definition) is 2. The minimum absolute atomic E-state index is 2.14. The van der Waals surface area contributed by atoms with E-state index in [0.717, 1.165) is 0 Å². The molecule has 0 fully saturated rings. The van der Waals surface area contributed by atoms with E-state index >= 15 is 0 Å².